The predicted molar refractivity (Wildman–Crippen MR) is 79.5 cm³/mol. The lowest BCUT2D eigenvalue weighted by molar-refractivity contribution is 0.0697. The third kappa shape index (κ3) is 2.22. The Labute approximate surface area is 118 Å². The minimum Gasteiger partial charge on any atom is -0.478 e. The highest BCUT2D eigenvalue weighted by atomic mass is 16.4. The van der Waals surface area contributed by atoms with E-state index in [1.54, 1.807) is 6.07 Å². The topological polar surface area (TPSA) is 53.4 Å². The smallest absolute Gasteiger partial charge is 0.339 e. The van der Waals surface area contributed by atoms with Crippen LogP contribution in [0.25, 0.3) is 10.9 Å². The molecule has 1 N–H and O–H groups in total. The molecule has 0 unspecified atom stereocenters. The molecule has 104 valence electrons. The summed E-state index contributed by atoms with van der Waals surface area (Å²) >= 11 is 0. The summed E-state index contributed by atoms with van der Waals surface area (Å²) in [6.07, 6.45) is 3.42. The number of para-hydroxylation sites is 1. The summed E-state index contributed by atoms with van der Waals surface area (Å²) in [7, 11) is 0. The van der Waals surface area contributed by atoms with Gasteiger partial charge in [-0.2, -0.15) is 0 Å². The number of hydrogen-bond donors (Lipinski definition) is 1. The SMILES string of the molecule is Cc1cccc2cc(C(=O)O)c(N3CCCCC3)nc12. The summed E-state index contributed by atoms with van der Waals surface area (Å²) in [5.74, 6) is -0.277. The first kappa shape index (κ1) is 12.9. The van der Waals surface area contributed by atoms with Gasteiger partial charge in [0.2, 0.25) is 0 Å². The third-order valence-electron chi connectivity index (χ3n) is 3.91. The van der Waals surface area contributed by atoms with E-state index in [4.69, 9.17) is 0 Å². The Morgan fingerprint density at radius 3 is 2.70 bits per heavy atom. The lowest BCUT2D eigenvalue weighted by Gasteiger charge is -2.29. The second kappa shape index (κ2) is 5.12. The lowest BCUT2D eigenvalue weighted by atomic mass is 10.1. The molecule has 1 aliphatic rings. The molecule has 2 heterocycles. The van der Waals surface area contributed by atoms with Gasteiger partial charge in [-0.1, -0.05) is 18.2 Å². The van der Waals surface area contributed by atoms with Crippen LogP contribution in [-0.2, 0) is 0 Å². The van der Waals surface area contributed by atoms with Crippen molar-refractivity contribution in [2.24, 2.45) is 0 Å². The van der Waals surface area contributed by atoms with Crippen molar-refractivity contribution in [2.75, 3.05) is 18.0 Å². The van der Waals surface area contributed by atoms with E-state index >= 15 is 0 Å². The number of rotatable bonds is 2. The van der Waals surface area contributed by atoms with Gasteiger partial charge in [-0.15, -0.1) is 0 Å². The van der Waals surface area contributed by atoms with Crippen molar-refractivity contribution in [3.63, 3.8) is 0 Å². The molecule has 1 saturated heterocycles. The van der Waals surface area contributed by atoms with Crippen LogP contribution < -0.4 is 4.90 Å². The van der Waals surface area contributed by atoms with Gasteiger partial charge < -0.3 is 10.0 Å². The fourth-order valence-corrected chi connectivity index (χ4v) is 2.84. The zero-order valence-corrected chi connectivity index (χ0v) is 11.6. The first-order valence-electron chi connectivity index (χ1n) is 7.05. The van der Waals surface area contributed by atoms with E-state index in [1.807, 2.05) is 25.1 Å². The maximum Gasteiger partial charge on any atom is 0.339 e. The zero-order chi connectivity index (χ0) is 14.1. The number of carboxylic acid groups (broad SMARTS) is 1. The second-order valence-corrected chi connectivity index (χ2v) is 5.36. The number of anilines is 1. The van der Waals surface area contributed by atoms with Gasteiger partial charge in [0.05, 0.1) is 5.52 Å². The van der Waals surface area contributed by atoms with Crippen molar-refractivity contribution in [3.05, 3.63) is 35.4 Å². The second-order valence-electron chi connectivity index (χ2n) is 5.36. The fourth-order valence-electron chi connectivity index (χ4n) is 2.84. The Kier molecular flexibility index (Phi) is 3.30. The van der Waals surface area contributed by atoms with Gasteiger partial charge >= 0.3 is 5.97 Å². The maximum atomic E-state index is 11.5. The van der Waals surface area contributed by atoms with Gasteiger partial charge in [0, 0.05) is 18.5 Å². The molecule has 0 radical (unpaired) electrons. The van der Waals surface area contributed by atoms with E-state index in [0.717, 1.165) is 42.4 Å². The summed E-state index contributed by atoms with van der Waals surface area (Å²) in [6, 6.07) is 7.62. The molecular weight excluding hydrogens is 252 g/mol. The van der Waals surface area contributed by atoms with Crippen molar-refractivity contribution < 1.29 is 9.90 Å². The summed E-state index contributed by atoms with van der Waals surface area (Å²) in [6.45, 7) is 3.80. The molecule has 0 saturated carbocycles. The molecule has 1 aromatic carbocycles. The number of carboxylic acids is 1. The van der Waals surface area contributed by atoms with Crippen molar-refractivity contribution >= 4 is 22.7 Å². The van der Waals surface area contributed by atoms with Crippen molar-refractivity contribution in [1.29, 1.82) is 0 Å². The number of pyridine rings is 1. The fraction of sp³-hybridized carbons (Fsp3) is 0.375. The van der Waals surface area contributed by atoms with Gasteiger partial charge in [0.1, 0.15) is 11.4 Å². The van der Waals surface area contributed by atoms with E-state index in [2.05, 4.69) is 9.88 Å². The Morgan fingerprint density at radius 2 is 2.00 bits per heavy atom. The molecule has 0 bridgehead atoms. The maximum absolute atomic E-state index is 11.5. The van der Waals surface area contributed by atoms with Gasteiger partial charge in [0.25, 0.3) is 0 Å². The van der Waals surface area contributed by atoms with E-state index in [0.29, 0.717) is 11.4 Å². The van der Waals surface area contributed by atoms with Crippen LogP contribution in [0.1, 0.15) is 35.2 Å². The lowest BCUT2D eigenvalue weighted by Crippen LogP contribution is -2.31. The van der Waals surface area contributed by atoms with E-state index in [1.165, 1.54) is 6.42 Å². The largest absolute Gasteiger partial charge is 0.478 e. The van der Waals surface area contributed by atoms with Crippen LogP contribution in [0.15, 0.2) is 24.3 Å². The summed E-state index contributed by atoms with van der Waals surface area (Å²) in [5, 5.41) is 10.4. The number of aryl methyl sites for hydroxylation is 1. The summed E-state index contributed by atoms with van der Waals surface area (Å²) in [4.78, 5) is 18.3. The summed E-state index contributed by atoms with van der Waals surface area (Å²) < 4.78 is 0. The Balaban J connectivity index is 2.19. The number of nitrogens with zero attached hydrogens (tertiary/aromatic N) is 2. The highest BCUT2D eigenvalue weighted by Crippen LogP contribution is 2.27. The number of carbonyl (C=O) groups is 1. The average molecular weight is 270 g/mol. The molecule has 4 nitrogen and oxygen atoms in total. The first-order valence-corrected chi connectivity index (χ1v) is 7.05. The molecule has 2 aromatic rings. The van der Waals surface area contributed by atoms with Crippen molar-refractivity contribution in [2.45, 2.75) is 26.2 Å². The molecule has 0 amide bonds. The van der Waals surface area contributed by atoms with E-state index in [-0.39, 0.29) is 0 Å². The Morgan fingerprint density at radius 1 is 1.25 bits per heavy atom. The highest BCUT2D eigenvalue weighted by molar-refractivity contribution is 5.98. The minimum atomic E-state index is -0.901. The van der Waals surface area contributed by atoms with E-state index < -0.39 is 5.97 Å². The third-order valence-corrected chi connectivity index (χ3v) is 3.91. The van der Waals surface area contributed by atoms with Gasteiger partial charge in [-0.25, -0.2) is 9.78 Å². The van der Waals surface area contributed by atoms with Crippen LogP contribution in [0.3, 0.4) is 0 Å². The quantitative estimate of drug-likeness (QED) is 0.910. The Bertz CT molecular complexity index is 661. The molecular formula is C16H18N2O2. The molecule has 20 heavy (non-hydrogen) atoms. The summed E-state index contributed by atoms with van der Waals surface area (Å²) in [5.41, 5.74) is 2.29. The molecule has 4 heteroatoms. The van der Waals surface area contributed by atoms with Gasteiger partial charge in [-0.05, 0) is 37.8 Å². The number of aromatic nitrogens is 1. The highest BCUT2D eigenvalue weighted by Gasteiger charge is 2.20. The molecule has 0 aliphatic carbocycles. The number of benzene rings is 1. The number of fused-ring (bicyclic) bond motifs is 1. The van der Waals surface area contributed by atoms with Gasteiger partial charge in [0.15, 0.2) is 0 Å². The van der Waals surface area contributed by atoms with Crippen LogP contribution in [0.2, 0.25) is 0 Å². The monoisotopic (exact) mass is 270 g/mol. The average Bonchev–Trinajstić information content (AvgIpc) is 2.47. The molecule has 1 aliphatic heterocycles. The van der Waals surface area contributed by atoms with E-state index in [9.17, 15) is 9.90 Å². The van der Waals surface area contributed by atoms with Crippen LogP contribution in [0, 0.1) is 6.92 Å². The van der Waals surface area contributed by atoms with Crippen LogP contribution in [0.4, 0.5) is 5.82 Å². The van der Waals surface area contributed by atoms with Crippen molar-refractivity contribution in [3.8, 4) is 0 Å². The van der Waals surface area contributed by atoms with Crippen LogP contribution >= 0.6 is 0 Å². The molecule has 3 rings (SSSR count). The first-order chi connectivity index (χ1) is 9.66. The van der Waals surface area contributed by atoms with Crippen molar-refractivity contribution in [1.82, 2.24) is 4.98 Å². The zero-order valence-electron chi connectivity index (χ0n) is 11.6. The normalized spacial score (nSPS) is 15.6. The van der Waals surface area contributed by atoms with Gasteiger partial charge in [-0.3, -0.25) is 0 Å². The minimum absolute atomic E-state index is 0.310. The number of piperidine rings is 1. The number of aromatic carboxylic acids is 1. The van der Waals surface area contributed by atoms with Crippen LogP contribution in [0.5, 0.6) is 0 Å². The standard InChI is InChI=1S/C16H18N2O2/c1-11-6-5-7-12-10-13(16(19)20)15(17-14(11)12)18-8-3-2-4-9-18/h5-7,10H,2-4,8-9H2,1H3,(H,19,20). The molecule has 0 spiro atoms. The Hall–Kier alpha value is -2.10. The molecule has 1 aromatic heterocycles. The molecule has 0 atom stereocenters. The predicted octanol–water partition coefficient (Wildman–Crippen LogP) is 3.23. The molecule has 1 fully saturated rings. The number of hydrogen-bond acceptors (Lipinski definition) is 3. The van der Waals surface area contributed by atoms with Crippen LogP contribution in [-0.4, -0.2) is 29.1 Å².